The number of rotatable bonds is 12. The second kappa shape index (κ2) is 11.0. The summed E-state index contributed by atoms with van der Waals surface area (Å²) in [5.74, 6) is 4.21. The van der Waals surface area contributed by atoms with Crippen molar-refractivity contribution in [3.63, 3.8) is 0 Å². The number of unbranched alkanes of at least 4 members (excludes halogenated alkanes) is 1. The Kier molecular flexibility index (Phi) is 8.75. The molecular weight excluding hydrogens is 362 g/mol. The Morgan fingerprint density at radius 3 is 2.63 bits per heavy atom. The van der Waals surface area contributed by atoms with Gasteiger partial charge in [0.15, 0.2) is 0 Å². The summed E-state index contributed by atoms with van der Waals surface area (Å²) >= 11 is 2.01. The van der Waals surface area contributed by atoms with Crippen molar-refractivity contribution < 1.29 is 19.5 Å². The van der Waals surface area contributed by atoms with E-state index in [4.69, 9.17) is 14.7 Å². The first kappa shape index (κ1) is 21.4. The van der Waals surface area contributed by atoms with Gasteiger partial charge in [0, 0.05) is 26.7 Å². The molecule has 1 N–H and O–H groups in total. The van der Waals surface area contributed by atoms with Gasteiger partial charge >= 0.3 is 0 Å². The maximum atomic E-state index is 11.4. The SMILES string of the molecule is CN(O)C(=O)CCCCSCC1C2CCC(O2)C1CCOCC1CCCC1. The summed E-state index contributed by atoms with van der Waals surface area (Å²) in [6.07, 6.45) is 12.3. The van der Waals surface area contributed by atoms with Crippen LogP contribution in [0.5, 0.6) is 0 Å². The standard InChI is InChI=1S/C21H37NO4S/c1-22(24)21(23)8-4-5-13-27-15-18-17(19-9-10-20(18)26-19)11-12-25-14-16-6-2-3-7-16/h16-20,24H,2-15H2,1H3. The third-order valence-corrected chi connectivity index (χ3v) is 7.81. The summed E-state index contributed by atoms with van der Waals surface area (Å²) in [7, 11) is 1.39. The van der Waals surface area contributed by atoms with Crippen LogP contribution < -0.4 is 0 Å². The van der Waals surface area contributed by atoms with Crippen molar-refractivity contribution in [3.05, 3.63) is 0 Å². The minimum atomic E-state index is -0.195. The van der Waals surface area contributed by atoms with E-state index in [9.17, 15) is 4.79 Å². The van der Waals surface area contributed by atoms with Gasteiger partial charge in [-0.1, -0.05) is 12.8 Å². The number of fused-ring (bicyclic) bond motifs is 2. The van der Waals surface area contributed by atoms with Crippen LogP contribution in [0.15, 0.2) is 0 Å². The van der Waals surface area contributed by atoms with Crippen LogP contribution in [-0.4, -0.2) is 60.2 Å². The molecule has 0 aromatic heterocycles. The molecule has 27 heavy (non-hydrogen) atoms. The highest BCUT2D eigenvalue weighted by Gasteiger charge is 2.48. The first-order valence-corrected chi connectivity index (χ1v) is 12.1. The fraction of sp³-hybridized carbons (Fsp3) is 0.952. The molecular formula is C21H37NO4S. The van der Waals surface area contributed by atoms with Crippen molar-refractivity contribution >= 4 is 17.7 Å². The largest absolute Gasteiger partial charge is 0.381 e. The molecule has 1 saturated carbocycles. The van der Waals surface area contributed by atoms with Gasteiger partial charge in [-0.2, -0.15) is 11.8 Å². The molecule has 1 aliphatic carbocycles. The van der Waals surface area contributed by atoms with Gasteiger partial charge in [0.2, 0.25) is 5.91 Å². The lowest BCUT2D eigenvalue weighted by molar-refractivity contribution is -0.159. The van der Waals surface area contributed by atoms with E-state index in [1.807, 2.05) is 11.8 Å². The molecule has 4 atom stereocenters. The molecule has 3 fully saturated rings. The summed E-state index contributed by atoms with van der Waals surface area (Å²) in [4.78, 5) is 11.4. The van der Waals surface area contributed by atoms with Crippen LogP contribution in [0.25, 0.3) is 0 Å². The lowest BCUT2D eigenvalue weighted by atomic mass is 9.79. The zero-order chi connectivity index (χ0) is 19.1. The van der Waals surface area contributed by atoms with Crippen LogP contribution in [0.2, 0.25) is 0 Å². The molecule has 0 radical (unpaired) electrons. The first-order valence-electron chi connectivity index (χ1n) is 10.9. The van der Waals surface area contributed by atoms with Crippen LogP contribution in [0.4, 0.5) is 0 Å². The third-order valence-electron chi connectivity index (χ3n) is 6.61. The van der Waals surface area contributed by atoms with Gasteiger partial charge in [-0.25, -0.2) is 5.06 Å². The molecule has 4 unspecified atom stereocenters. The van der Waals surface area contributed by atoms with Crippen molar-refractivity contribution in [2.75, 3.05) is 31.8 Å². The number of nitrogens with zero attached hydrogens (tertiary/aromatic N) is 1. The Morgan fingerprint density at radius 1 is 1.15 bits per heavy atom. The fourth-order valence-electron chi connectivity index (χ4n) is 5.01. The second-order valence-electron chi connectivity index (χ2n) is 8.58. The Hall–Kier alpha value is -0.300. The molecule has 3 aliphatic rings. The second-order valence-corrected chi connectivity index (χ2v) is 9.73. The Morgan fingerprint density at radius 2 is 1.89 bits per heavy atom. The van der Waals surface area contributed by atoms with Gasteiger partial charge < -0.3 is 9.47 Å². The molecule has 2 aliphatic heterocycles. The van der Waals surface area contributed by atoms with Crippen LogP contribution in [0.1, 0.15) is 64.2 Å². The Balaban J connectivity index is 1.29. The van der Waals surface area contributed by atoms with Crippen molar-refractivity contribution in [2.24, 2.45) is 17.8 Å². The molecule has 2 heterocycles. The molecule has 1 amide bonds. The lowest BCUT2D eigenvalue weighted by Gasteiger charge is -2.28. The minimum absolute atomic E-state index is 0.195. The molecule has 2 saturated heterocycles. The van der Waals surface area contributed by atoms with Gasteiger partial charge in [-0.05, 0) is 74.2 Å². The van der Waals surface area contributed by atoms with Crippen LogP contribution >= 0.6 is 11.8 Å². The number of thioether (sulfide) groups is 1. The van der Waals surface area contributed by atoms with Crippen LogP contribution in [0, 0.1) is 17.8 Å². The van der Waals surface area contributed by atoms with E-state index >= 15 is 0 Å². The molecule has 3 rings (SSSR count). The smallest absolute Gasteiger partial charge is 0.245 e. The maximum absolute atomic E-state index is 11.4. The normalized spacial score (nSPS) is 30.3. The van der Waals surface area contributed by atoms with E-state index < -0.39 is 0 Å². The summed E-state index contributed by atoms with van der Waals surface area (Å²) in [5, 5.41) is 9.75. The molecule has 0 aromatic carbocycles. The predicted molar refractivity (Wildman–Crippen MR) is 108 cm³/mol. The molecule has 6 heteroatoms. The van der Waals surface area contributed by atoms with E-state index in [0.29, 0.717) is 35.5 Å². The zero-order valence-corrected chi connectivity index (χ0v) is 17.6. The molecule has 0 aromatic rings. The van der Waals surface area contributed by atoms with Gasteiger partial charge in [-0.3, -0.25) is 10.0 Å². The average Bonchev–Trinajstić information content (AvgIpc) is 3.39. The van der Waals surface area contributed by atoms with Crippen molar-refractivity contribution in [2.45, 2.75) is 76.4 Å². The summed E-state index contributed by atoms with van der Waals surface area (Å²) in [5.41, 5.74) is 0. The Labute approximate surface area is 168 Å². The third kappa shape index (κ3) is 6.34. The molecule has 0 spiro atoms. The number of hydrogen-bond donors (Lipinski definition) is 1. The first-order chi connectivity index (χ1) is 13.1. The van der Waals surface area contributed by atoms with Gasteiger partial charge in [-0.15, -0.1) is 0 Å². The van der Waals surface area contributed by atoms with Crippen LogP contribution in [-0.2, 0) is 14.3 Å². The van der Waals surface area contributed by atoms with Crippen molar-refractivity contribution in [1.29, 1.82) is 0 Å². The molecule has 2 bridgehead atoms. The maximum Gasteiger partial charge on any atom is 0.245 e. The predicted octanol–water partition coefficient (Wildman–Crippen LogP) is 4.13. The van der Waals surface area contributed by atoms with E-state index in [2.05, 4.69) is 0 Å². The summed E-state index contributed by atoms with van der Waals surface area (Å²) in [6.45, 7) is 1.86. The van der Waals surface area contributed by atoms with E-state index in [0.717, 1.165) is 44.1 Å². The van der Waals surface area contributed by atoms with E-state index in [-0.39, 0.29) is 5.91 Å². The minimum Gasteiger partial charge on any atom is -0.381 e. The number of carbonyl (C=O) groups excluding carboxylic acids is 1. The highest BCUT2D eigenvalue weighted by atomic mass is 32.2. The summed E-state index contributed by atoms with van der Waals surface area (Å²) < 4.78 is 12.2. The van der Waals surface area contributed by atoms with E-state index in [1.54, 1.807) is 0 Å². The summed E-state index contributed by atoms with van der Waals surface area (Å²) in [6, 6.07) is 0. The van der Waals surface area contributed by atoms with Crippen LogP contribution in [0.3, 0.4) is 0 Å². The monoisotopic (exact) mass is 399 g/mol. The lowest BCUT2D eigenvalue weighted by Crippen LogP contribution is -2.30. The molecule has 5 nitrogen and oxygen atoms in total. The topological polar surface area (TPSA) is 59.0 Å². The zero-order valence-electron chi connectivity index (χ0n) is 16.8. The fourth-order valence-corrected chi connectivity index (χ4v) is 6.32. The number of hydroxylamine groups is 2. The number of amides is 1. The van der Waals surface area contributed by atoms with Crippen molar-refractivity contribution in [3.8, 4) is 0 Å². The van der Waals surface area contributed by atoms with Gasteiger partial charge in [0.25, 0.3) is 0 Å². The van der Waals surface area contributed by atoms with E-state index in [1.165, 1.54) is 51.3 Å². The highest BCUT2D eigenvalue weighted by molar-refractivity contribution is 7.99. The molecule has 156 valence electrons. The Bertz CT molecular complexity index is 455. The number of ether oxygens (including phenoxy) is 2. The quantitative estimate of drug-likeness (QED) is 0.304. The van der Waals surface area contributed by atoms with Gasteiger partial charge in [0.1, 0.15) is 0 Å². The van der Waals surface area contributed by atoms with Gasteiger partial charge in [0.05, 0.1) is 12.2 Å². The number of hydrogen-bond acceptors (Lipinski definition) is 5. The highest BCUT2D eigenvalue weighted by Crippen LogP contribution is 2.46. The average molecular weight is 400 g/mol. The van der Waals surface area contributed by atoms with Crippen molar-refractivity contribution in [1.82, 2.24) is 5.06 Å². The number of carbonyl (C=O) groups is 1.